The van der Waals surface area contributed by atoms with Crippen molar-refractivity contribution < 1.29 is 9.53 Å². The second kappa shape index (κ2) is 11.2. The molecule has 1 amide bonds. The largest absolute Gasteiger partial charge is 0.496 e. The van der Waals surface area contributed by atoms with Crippen LogP contribution < -0.4 is 10.5 Å². The fraction of sp³-hybridized carbons (Fsp3) is 0.357. The quantitative estimate of drug-likeness (QED) is 0.555. The Bertz CT molecular complexity index is 1290. The fourth-order valence-electron chi connectivity index (χ4n) is 4.43. The lowest BCUT2D eigenvalue weighted by atomic mass is 9.99. The zero-order valence-corrected chi connectivity index (χ0v) is 21.3. The Labute approximate surface area is 212 Å². The summed E-state index contributed by atoms with van der Waals surface area (Å²) in [6.07, 6.45) is 5.82. The van der Waals surface area contributed by atoms with Gasteiger partial charge in [-0.1, -0.05) is 24.8 Å². The molecule has 1 aliphatic heterocycles. The van der Waals surface area contributed by atoms with E-state index in [9.17, 15) is 4.79 Å². The van der Waals surface area contributed by atoms with E-state index in [1.807, 2.05) is 36.1 Å². The zero-order chi connectivity index (χ0) is 25.7. The number of aryl methyl sites for hydroxylation is 1. The van der Waals surface area contributed by atoms with Crippen molar-refractivity contribution in [3.8, 4) is 28.8 Å². The van der Waals surface area contributed by atoms with Gasteiger partial charge in [0.2, 0.25) is 0 Å². The summed E-state index contributed by atoms with van der Waals surface area (Å²) in [7, 11) is 5.76. The molecule has 0 saturated carbocycles. The van der Waals surface area contributed by atoms with Crippen LogP contribution in [-0.4, -0.2) is 71.0 Å². The molecule has 0 bridgehead atoms. The van der Waals surface area contributed by atoms with Gasteiger partial charge in [0.25, 0.3) is 5.91 Å². The van der Waals surface area contributed by atoms with Crippen LogP contribution in [-0.2, 0) is 6.42 Å². The number of pyridine rings is 1. The Morgan fingerprint density at radius 2 is 1.92 bits per heavy atom. The van der Waals surface area contributed by atoms with Crippen LogP contribution in [0.15, 0.2) is 42.9 Å². The predicted octanol–water partition coefficient (Wildman–Crippen LogP) is 3.26. The van der Waals surface area contributed by atoms with Gasteiger partial charge in [0.05, 0.1) is 29.6 Å². The maximum Gasteiger partial charge on any atom is 0.257 e. The fourth-order valence-corrected chi connectivity index (χ4v) is 4.43. The smallest absolute Gasteiger partial charge is 0.257 e. The molecule has 36 heavy (non-hydrogen) atoms. The molecule has 1 aromatic carbocycles. The molecule has 2 N–H and O–H groups in total. The first-order valence-corrected chi connectivity index (χ1v) is 12.1. The van der Waals surface area contributed by atoms with Crippen molar-refractivity contribution >= 4 is 11.7 Å². The molecule has 0 unspecified atom stereocenters. The van der Waals surface area contributed by atoms with Crippen LogP contribution in [0, 0.1) is 11.8 Å². The molecule has 1 aliphatic rings. The van der Waals surface area contributed by atoms with E-state index < -0.39 is 0 Å². The number of benzene rings is 1. The number of hydrogen-bond donors (Lipinski definition) is 1. The van der Waals surface area contributed by atoms with Crippen molar-refractivity contribution in [2.24, 2.45) is 0 Å². The van der Waals surface area contributed by atoms with Gasteiger partial charge in [-0.05, 0) is 57.6 Å². The van der Waals surface area contributed by atoms with Gasteiger partial charge in [-0.25, -0.2) is 15.0 Å². The molecule has 0 spiro atoms. The first-order valence-electron chi connectivity index (χ1n) is 12.1. The minimum atomic E-state index is -0.0107. The van der Waals surface area contributed by atoms with Crippen LogP contribution in [0.2, 0.25) is 0 Å². The molecule has 4 rings (SSSR count). The van der Waals surface area contributed by atoms with Gasteiger partial charge in [0.1, 0.15) is 17.9 Å². The van der Waals surface area contributed by atoms with Gasteiger partial charge in [-0.2, -0.15) is 0 Å². The van der Waals surface area contributed by atoms with E-state index >= 15 is 0 Å². The Balaban J connectivity index is 1.66. The van der Waals surface area contributed by atoms with Crippen molar-refractivity contribution in [1.29, 1.82) is 0 Å². The number of nitrogens with two attached hydrogens (primary N) is 1. The highest BCUT2D eigenvalue weighted by Gasteiger charge is 2.26. The topological polar surface area (TPSA) is 97.5 Å². The van der Waals surface area contributed by atoms with Gasteiger partial charge >= 0.3 is 0 Å². The third kappa shape index (κ3) is 5.47. The summed E-state index contributed by atoms with van der Waals surface area (Å²) in [5.41, 5.74) is 10.1. The number of ether oxygens (including phenoxy) is 1. The number of likely N-dealkylation sites (tertiary alicyclic amines) is 1. The monoisotopic (exact) mass is 484 g/mol. The summed E-state index contributed by atoms with van der Waals surface area (Å²) in [5.74, 6) is 7.33. The van der Waals surface area contributed by atoms with Crippen LogP contribution in [0.3, 0.4) is 0 Å². The lowest BCUT2D eigenvalue weighted by Crippen LogP contribution is -2.44. The second-order valence-corrected chi connectivity index (χ2v) is 9.02. The van der Waals surface area contributed by atoms with Crippen molar-refractivity contribution in [1.82, 2.24) is 24.8 Å². The van der Waals surface area contributed by atoms with E-state index in [1.54, 1.807) is 25.7 Å². The summed E-state index contributed by atoms with van der Waals surface area (Å²) in [5, 5.41) is 0. The molecule has 2 aromatic heterocycles. The van der Waals surface area contributed by atoms with Crippen LogP contribution in [0.4, 0.5) is 5.82 Å². The molecule has 0 aliphatic carbocycles. The molecule has 186 valence electrons. The molecule has 3 heterocycles. The van der Waals surface area contributed by atoms with Gasteiger partial charge < -0.3 is 20.3 Å². The maximum absolute atomic E-state index is 13.3. The average Bonchev–Trinajstić information content (AvgIpc) is 2.91. The number of anilines is 1. The Morgan fingerprint density at radius 1 is 1.14 bits per heavy atom. The molecular weight excluding hydrogens is 452 g/mol. The van der Waals surface area contributed by atoms with E-state index in [0.717, 1.165) is 48.3 Å². The molecule has 8 heteroatoms. The standard InChI is InChI=1S/C28H32N6O2/c1-5-24-22(9-6-19-7-11-26(29)30-17-19)27(32-18-31-24)20-8-10-23(25(16-20)36-4)28(35)34-14-12-21(13-15-34)33(2)3/h7-8,10-11,16-18,21H,5,12-15H2,1-4H3,(H2,29,30). The van der Waals surface area contributed by atoms with Crippen LogP contribution >= 0.6 is 0 Å². The zero-order valence-electron chi connectivity index (χ0n) is 21.3. The van der Waals surface area contributed by atoms with Crippen molar-refractivity contribution in [2.75, 3.05) is 40.0 Å². The minimum absolute atomic E-state index is 0.0107. The van der Waals surface area contributed by atoms with E-state index in [-0.39, 0.29) is 5.91 Å². The SMILES string of the molecule is CCc1ncnc(-c2ccc(C(=O)N3CCC(N(C)C)CC3)c(OC)c2)c1C#Cc1ccc(N)nc1. The number of methoxy groups -OCH3 is 1. The number of rotatable bonds is 5. The van der Waals surface area contributed by atoms with E-state index in [2.05, 4.69) is 45.8 Å². The number of carbonyl (C=O) groups is 1. The van der Waals surface area contributed by atoms with Crippen LogP contribution in [0.5, 0.6) is 5.75 Å². The molecular formula is C28H32N6O2. The lowest BCUT2D eigenvalue weighted by molar-refractivity contribution is 0.0660. The summed E-state index contributed by atoms with van der Waals surface area (Å²) in [6.45, 7) is 3.50. The van der Waals surface area contributed by atoms with Crippen molar-refractivity contribution in [3.63, 3.8) is 0 Å². The summed E-state index contributed by atoms with van der Waals surface area (Å²) < 4.78 is 5.66. The number of amides is 1. The van der Waals surface area contributed by atoms with Gasteiger partial charge in [0.15, 0.2) is 0 Å². The Hall–Kier alpha value is -3.96. The predicted molar refractivity (Wildman–Crippen MR) is 141 cm³/mol. The third-order valence-corrected chi connectivity index (χ3v) is 6.57. The number of piperidine rings is 1. The summed E-state index contributed by atoms with van der Waals surface area (Å²) in [4.78, 5) is 30.5. The summed E-state index contributed by atoms with van der Waals surface area (Å²) in [6, 6.07) is 9.64. The maximum atomic E-state index is 13.3. The van der Waals surface area contributed by atoms with Gasteiger partial charge in [-0.15, -0.1) is 0 Å². The number of carbonyl (C=O) groups excluding carboxylic acids is 1. The highest BCUT2D eigenvalue weighted by Crippen LogP contribution is 2.30. The van der Waals surface area contributed by atoms with Gasteiger partial charge in [-0.3, -0.25) is 4.79 Å². The number of aromatic nitrogens is 3. The van der Waals surface area contributed by atoms with E-state index in [1.165, 1.54) is 0 Å². The molecule has 3 aromatic rings. The van der Waals surface area contributed by atoms with Crippen molar-refractivity contribution in [2.45, 2.75) is 32.2 Å². The first-order chi connectivity index (χ1) is 17.4. The first kappa shape index (κ1) is 25.1. The van der Waals surface area contributed by atoms with Crippen LogP contribution in [0.1, 0.15) is 46.9 Å². The summed E-state index contributed by atoms with van der Waals surface area (Å²) >= 11 is 0. The Kier molecular flexibility index (Phi) is 7.81. The third-order valence-electron chi connectivity index (χ3n) is 6.57. The van der Waals surface area contributed by atoms with Crippen molar-refractivity contribution in [3.05, 3.63) is 65.2 Å². The number of nitrogens with zero attached hydrogens (tertiary/aromatic N) is 5. The molecule has 1 saturated heterocycles. The highest BCUT2D eigenvalue weighted by molar-refractivity contribution is 5.97. The van der Waals surface area contributed by atoms with Gasteiger partial charge in [0, 0.05) is 36.5 Å². The lowest BCUT2D eigenvalue weighted by Gasteiger charge is -2.35. The van der Waals surface area contributed by atoms with E-state index in [4.69, 9.17) is 10.5 Å². The second-order valence-electron chi connectivity index (χ2n) is 9.02. The van der Waals surface area contributed by atoms with E-state index in [0.29, 0.717) is 35.3 Å². The molecule has 0 radical (unpaired) electrons. The minimum Gasteiger partial charge on any atom is -0.496 e. The van der Waals surface area contributed by atoms with Crippen LogP contribution in [0.25, 0.3) is 11.3 Å². The normalized spacial score (nSPS) is 13.9. The highest BCUT2D eigenvalue weighted by atomic mass is 16.5. The average molecular weight is 485 g/mol. The number of nitrogen functional groups attached to an aromatic ring is 1. The molecule has 1 fully saturated rings. The molecule has 8 nitrogen and oxygen atoms in total. The molecule has 0 atom stereocenters. The Morgan fingerprint density at radius 3 is 2.56 bits per heavy atom. The number of hydrogen-bond acceptors (Lipinski definition) is 7.